The van der Waals surface area contributed by atoms with E-state index in [2.05, 4.69) is 10.8 Å². The second kappa shape index (κ2) is 11.8. The molecule has 39 heavy (non-hydrogen) atoms. The predicted octanol–water partition coefficient (Wildman–Crippen LogP) is 4.87. The number of benzene rings is 3. The molecule has 0 spiro atoms. The number of rotatable bonds is 7. The molecular formula is C30H33FN2O4S2. The van der Waals surface area contributed by atoms with Crippen molar-refractivity contribution in [2.24, 2.45) is 0 Å². The topological polar surface area (TPSA) is 75.7 Å². The maximum Gasteiger partial charge on any atom is 0.252 e. The Morgan fingerprint density at radius 3 is 2.51 bits per heavy atom. The third-order valence-electron chi connectivity index (χ3n) is 7.42. The number of halogens is 1. The summed E-state index contributed by atoms with van der Waals surface area (Å²) in [6, 6.07) is 20.2. The highest BCUT2D eigenvalue weighted by molar-refractivity contribution is 8.00. The number of nitrogens with one attached hydrogen (secondary N) is 1. The summed E-state index contributed by atoms with van der Waals surface area (Å²) in [5.41, 5.74) is 3.96. The van der Waals surface area contributed by atoms with Gasteiger partial charge in [0.2, 0.25) is 10.0 Å². The zero-order chi connectivity index (χ0) is 27.6. The monoisotopic (exact) mass is 568 g/mol. The van der Waals surface area contributed by atoms with Crippen LogP contribution in [0.3, 0.4) is 0 Å². The fourth-order valence-electron chi connectivity index (χ4n) is 5.43. The van der Waals surface area contributed by atoms with E-state index in [1.165, 1.54) is 12.1 Å². The summed E-state index contributed by atoms with van der Waals surface area (Å²) in [5, 5.41) is -0.116. The highest BCUT2D eigenvalue weighted by Crippen LogP contribution is 2.37. The Kier molecular flexibility index (Phi) is 8.42. The number of aryl methyl sites for hydroxylation is 1. The summed E-state index contributed by atoms with van der Waals surface area (Å²) in [7, 11) is -3.78. The van der Waals surface area contributed by atoms with Crippen LogP contribution >= 0.6 is 11.8 Å². The van der Waals surface area contributed by atoms with Crippen molar-refractivity contribution in [3.8, 4) is 0 Å². The molecule has 3 aromatic carbocycles. The standard InChI is InChI=1S/C30H33FN2O4S2/c1-3-38-28-19-37-27(18-26(28)32-39(35,36)24-14-8-20(2)9-15-24)30(34)33-17-16-21-6-4-5-7-25(21)29(33)22-10-12-23(31)13-11-22/h4-15,26-29,32H,3,16-19H2,1-2H3/t26-,27+,28-,29-/m0/s1. The minimum Gasteiger partial charge on any atom is -0.367 e. The molecule has 206 valence electrons. The number of carbonyl (C=O) groups is 1. The molecule has 0 aromatic heterocycles. The van der Waals surface area contributed by atoms with Crippen LogP contribution in [0.1, 0.15) is 41.6 Å². The van der Waals surface area contributed by atoms with E-state index in [0.717, 1.165) is 28.0 Å². The maximum absolute atomic E-state index is 14.0. The van der Waals surface area contributed by atoms with E-state index >= 15 is 0 Å². The number of hydrogen-bond donors (Lipinski definition) is 1. The van der Waals surface area contributed by atoms with E-state index in [0.29, 0.717) is 13.0 Å². The summed E-state index contributed by atoms with van der Waals surface area (Å²) in [4.78, 5) is 16.0. The molecule has 4 atom stereocenters. The molecule has 6 nitrogen and oxygen atoms in total. The van der Waals surface area contributed by atoms with E-state index in [1.807, 2.05) is 32.0 Å². The fraction of sp³-hybridized carbons (Fsp3) is 0.367. The number of thioether (sulfide) groups is 1. The summed E-state index contributed by atoms with van der Waals surface area (Å²) < 4.78 is 49.3. The highest BCUT2D eigenvalue weighted by Gasteiger charge is 2.41. The van der Waals surface area contributed by atoms with E-state index in [9.17, 15) is 17.6 Å². The average molecular weight is 569 g/mol. The van der Waals surface area contributed by atoms with Crippen LogP contribution in [0.2, 0.25) is 0 Å². The first-order valence-corrected chi connectivity index (χ1v) is 15.8. The molecule has 2 aliphatic heterocycles. The van der Waals surface area contributed by atoms with Crippen LogP contribution in [0.15, 0.2) is 77.7 Å². The Labute approximate surface area is 234 Å². The van der Waals surface area contributed by atoms with Crippen molar-refractivity contribution in [2.45, 2.75) is 55.0 Å². The van der Waals surface area contributed by atoms with Gasteiger partial charge in [0.15, 0.2) is 0 Å². The number of carbonyl (C=O) groups excluding carboxylic acids is 1. The number of ether oxygens (including phenoxy) is 1. The smallest absolute Gasteiger partial charge is 0.252 e. The van der Waals surface area contributed by atoms with Crippen LogP contribution in [0.5, 0.6) is 0 Å². The van der Waals surface area contributed by atoms with Gasteiger partial charge in [0, 0.05) is 24.3 Å². The second-order valence-electron chi connectivity index (χ2n) is 10.0. The third kappa shape index (κ3) is 6.06. The highest BCUT2D eigenvalue weighted by atomic mass is 32.2. The van der Waals surface area contributed by atoms with E-state index < -0.39 is 22.2 Å². The minimum absolute atomic E-state index is 0.116. The Morgan fingerprint density at radius 1 is 1.08 bits per heavy atom. The lowest BCUT2D eigenvalue weighted by molar-refractivity contribution is -0.149. The first kappa shape index (κ1) is 27.8. The molecule has 1 fully saturated rings. The SMILES string of the molecule is CCS[C@H]1CO[C@@H](C(=O)N2CCc3ccccc3[C@@H]2c2ccc(F)cc2)C[C@@H]1NS(=O)(=O)c1ccc(C)cc1. The summed E-state index contributed by atoms with van der Waals surface area (Å²) >= 11 is 1.63. The Balaban J connectivity index is 1.41. The Morgan fingerprint density at radius 2 is 1.79 bits per heavy atom. The Bertz CT molecular complexity index is 1410. The zero-order valence-electron chi connectivity index (χ0n) is 22.0. The predicted molar refractivity (Wildman–Crippen MR) is 152 cm³/mol. The maximum atomic E-state index is 14.0. The van der Waals surface area contributed by atoms with E-state index in [-0.39, 0.29) is 40.9 Å². The lowest BCUT2D eigenvalue weighted by Crippen LogP contribution is -2.55. The van der Waals surface area contributed by atoms with Gasteiger partial charge >= 0.3 is 0 Å². The normalized spacial score (nSPS) is 23.3. The summed E-state index contributed by atoms with van der Waals surface area (Å²) in [5.74, 6) is 0.281. The number of sulfonamides is 1. The quantitative estimate of drug-likeness (QED) is 0.441. The lowest BCUT2D eigenvalue weighted by atomic mass is 9.87. The molecule has 1 amide bonds. The van der Waals surface area contributed by atoms with E-state index in [4.69, 9.17) is 4.74 Å². The zero-order valence-corrected chi connectivity index (χ0v) is 23.7. The van der Waals surface area contributed by atoms with Crippen LogP contribution in [-0.2, 0) is 26.0 Å². The molecule has 0 radical (unpaired) electrons. The molecule has 3 aromatic rings. The van der Waals surface area contributed by atoms with Crippen molar-refractivity contribution in [3.05, 3.63) is 101 Å². The third-order valence-corrected chi connectivity index (χ3v) is 10.2. The first-order chi connectivity index (χ1) is 18.8. The van der Waals surface area contributed by atoms with Crippen molar-refractivity contribution in [3.63, 3.8) is 0 Å². The van der Waals surface area contributed by atoms with Crippen LogP contribution in [-0.4, -0.2) is 55.5 Å². The van der Waals surface area contributed by atoms with Crippen LogP contribution in [0, 0.1) is 12.7 Å². The molecule has 1 N–H and O–H groups in total. The van der Waals surface area contributed by atoms with Crippen LogP contribution in [0.25, 0.3) is 0 Å². The molecule has 2 heterocycles. The molecular weight excluding hydrogens is 535 g/mol. The van der Waals surface area contributed by atoms with Crippen molar-refractivity contribution < 1.29 is 22.3 Å². The van der Waals surface area contributed by atoms with Crippen molar-refractivity contribution >= 4 is 27.7 Å². The van der Waals surface area contributed by atoms with Gasteiger partial charge < -0.3 is 9.64 Å². The fourth-order valence-corrected chi connectivity index (χ4v) is 7.82. The number of nitrogens with zero attached hydrogens (tertiary/aromatic N) is 1. The number of amides is 1. The lowest BCUT2D eigenvalue weighted by Gasteiger charge is -2.42. The average Bonchev–Trinajstić information content (AvgIpc) is 2.94. The van der Waals surface area contributed by atoms with Gasteiger partial charge in [0.25, 0.3) is 5.91 Å². The van der Waals surface area contributed by atoms with Gasteiger partial charge in [0.1, 0.15) is 11.9 Å². The number of hydrogen-bond acceptors (Lipinski definition) is 5. The van der Waals surface area contributed by atoms with Crippen molar-refractivity contribution in [1.82, 2.24) is 9.62 Å². The molecule has 0 saturated carbocycles. The molecule has 5 rings (SSSR count). The van der Waals surface area contributed by atoms with Crippen LogP contribution in [0.4, 0.5) is 4.39 Å². The van der Waals surface area contributed by atoms with Gasteiger partial charge in [0.05, 0.1) is 17.5 Å². The summed E-state index contributed by atoms with van der Waals surface area (Å²) in [6.07, 6.45) is 0.137. The van der Waals surface area contributed by atoms with Gasteiger partial charge in [-0.3, -0.25) is 4.79 Å². The number of fused-ring (bicyclic) bond motifs is 1. The summed E-state index contributed by atoms with van der Waals surface area (Å²) in [6.45, 7) is 4.68. The second-order valence-corrected chi connectivity index (χ2v) is 13.3. The van der Waals surface area contributed by atoms with Gasteiger partial charge in [-0.1, -0.05) is 61.0 Å². The van der Waals surface area contributed by atoms with Gasteiger partial charge in [-0.25, -0.2) is 17.5 Å². The molecule has 2 aliphatic rings. The Hall–Kier alpha value is -2.72. The van der Waals surface area contributed by atoms with Crippen LogP contribution < -0.4 is 4.72 Å². The van der Waals surface area contributed by atoms with Gasteiger partial charge in [-0.15, -0.1) is 0 Å². The largest absolute Gasteiger partial charge is 0.367 e. The molecule has 1 saturated heterocycles. The van der Waals surface area contributed by atoms with Gasteiger partial charge in [-0.2, -0.15) is 11.8 Å². The van der Waals surface area contributed by atoms with Gasteiger partial charge in [-0.05, 0) is 60.1 Å². The molecule has 0 unspecified atom stereocenters. The van der Waals surface area contributed by atoms with Crippen molar-refractivity contribution in [2.75, 3.05) is 18.9 Å². The van der Waals surface area contributed by atoms with E-state index in [1.54, 1.807) is 53.1 Å². The molecule has 9 heteroatoms. The molecule has 0 aliphatic carbocycles. The molecule has 0 bridgehead atoms. The van der Waals surface area contributed by atoms with Crippen molar-refractivity contribution in [1.29, 1.82) is 0 Å². The first-order valence-electron chi connectivity index (χ1n) is 13.2. The minimum atomic E-state index is -3.78.